The van der Waals surface area contributed by atoms with Crippen molar-refractivity contribution >= 4 is 56.3 Å². The molecule has 0 fully saturated rings. The van der Waals surface area contributed by atoms with Crippen LogP contribution in [0.3, 0.4) is 0 Å². The maximum Gasteiger partial charge on any atom is 0.178 e. The van der Waals surface area contributed by atoms with Crippen LogP contribution < -0.4 is 0 Å². The van der Waals surface area contributed by atoms with Crippen LogP contribution in [0, 0.1) is 0 Å². The van der Waals surface area contributed by atoms with Crippen molar-refractivity contribution in [2.45, 2.75) is 6.42 Å². The summed E-state index contributed by atoms with van der Waals surface area (Å²) in [5, 5.41) is 2.90. The fourth-order valence-corrected chi connectivity index (χ4v) is 3.25. The second-order valence-electron chi connectivity index (χ2n) is 3.43. The number of benzene rings is 1. The first-order chi connectivity index (χ1) is 8.08. The summed E-state index contributed by atoms with van der Waals surface area (Å²) in [7, 11) is 0. The number of ketones is 1. The third kappa shape index (κ3) is 3.10. The summed E-state index contributed by atoms with van der Waals surface area (Å²) in [5.74, 6) is -0.00535. The maximum absolute atomic E-state index is 12.0. The number of rotatable bonds is 3. The smallest absolute Gasteiger partial charge is 0.178 e. The number of hydrogen-bond acceptors (Lipinski definition) is 2. The van der Waals surface area contributed by atoms with Gasteiger partial charge in [0.15, 0.2) is 5.78 Å². The summed E-state index contributed by atoms with van der Waals surface area (Å²) < 4.78 is 0.896. The normalized spacial score (nSPS) is 10.5. The van der Waals surface area contributed by atoms with Gasteiger partial charge in [0, 0.05) is 15.9 Å². The lowest BCUT2D eigenvalue weighted by atomic mass is 10.1. The summed E-state index contributed by atoms with van der Waals surface area (Å²) in [6, 6.07) is 7.21. The van der Waals surface area contributed by atoms with E-state index in [9.17, 15) is 4.79 Å². The molecule has 1 heterocycles. The first-order valence-corrected chi connectivity index (χ1v) is 7.21. The molecule has 0 unspecified atom stereocenters. The molecule has 1 nitrogen and oxygen atoms in total. The standard InChI is InChI=1S/C12H7BrCl2OS/c13-8-2-1-7(10(15)6-8)5-11(16)12-9(14)3-4-17-12/h1-4,6H,5H2. The number of halogens is 3. The number of carbonyl (C=O) groups is 1. The zero-order valence-electron chi connectivity index (χ0n) is 8.54. The van der Waals surface area contributed by atoms with Gasteiger partial charge in [0.25, 0.3) is 0 Å². The minimum absolute atomic E-state index is 0.00535. The van der Waals surface area contributed by atoms with Gasteiger partial charge in [-0.1, -0.05) is 45.2 Å². The molecular formula is C12H7BrCl2OS. The largest absolute Gasteiger partial charge is 0.293 e. The van der Waals surface area contributed by atoms with E-state index in [1.807, 2.05) is 12.1 Å². The average molecular weight is 350 g/mol. The van der Waals surface area contributed by atoms with Crippen LogP contribution >= 0.6 is 50.5 Å². The molecule has 0 aliphatic heterocycles. The van der Waals surface area contributed by atoms with Crippen molar-refractivity contribution in [1.29, 1.82) is 0 Å². The van der Waals surface area contributed by atoms with Gasteiger partial charge in [-0.15, -0.1) is 11.3 Å². The molecule has 2 rings (SSSR count). The molecule has 2 aromatic rings. The molecule has 0 bridgehead atoms. The minimum Gasteiger partial charge on any atom is -0.293 e. The van der Waals surface area contributed by atoms with E-state index in [1.54, 1.807) is 17.5 Å². The van der Waals surface area contributed by atoms with Gasteiger partial charge in [0.2, 0.25) is 0 Å². The Labute approximate surface area is 121 Å². The number of hydrogen-bond donors (Lipinski definition) is 0. The molecule has 17 heavy (non-hydrogen) atoms. The Morgan fingerprint density at radius 1 is 1.24 bits per heavy atom. The third-order valence-corrected chi connectivity index (χ3v) is 4.46. The zero-order valence-corrected chi connectivity index (χ0v) is 12.5. The zero-order chi connectivity index (χ0) is 12.4. The SMILES string of the molecule is O=C(Cc1ccc(Br)cc1Cl)c1sccc1Cl. The maximum atomic E-state index is 12.0. The highest BCUT2D eigenvalue weighted by Gasteiger charge is 2.14. The summed E-state index contributed by atoms with van der Waals surface area (Å²) in [6.45, 7) is 0. The van der Waals surface area contributed by atoms with E-state index in [-0.39, 0.29) is 12.2 Å². The first-order valence-electron chi connectivity index (χ1n) is 4.78. The van der Waals surface area contributed by atoms with Crippen LogP contribution in [0.2, 0.25) is 10.0 Å². The van der Waals surface area contributed by atoms with Crippen molar-refractivity contribution in [3.05, 3.63) is 54.6 Å². The van der Waals surface area contributed by atoms with Gasteiger partial charge in [0.1, 0.15) is 0 Å². The lowest BCUT2D eigenvalue weighted by molar-refractivity contribution is 0.0997. The molecule has 0 aliphatic carbocycles. The summed E-state index contributed by atoms with van der Waals surface area (Å²) >= 11 is 16.7. The van der Waals surface area contributed by atoms with Crippen molar-refractivity contribution in [2.75, 3.05) is 0 Å². The van der Waals surface area contributed by atoms with Crippen LogP contribution in [0.5, 0.6) is 0 Å². The first kappa shape index (κ1) is 13.1. The van der Waals surface area contributed by atoms with Crippen LogP contribution in [0.15, 0.2) is 34.1 Å². The van der Waals surface area contributed by atoms with Crippen molar-refractivity contribution in [3.8, 4) is 0 Å². The Kier molecular flexibility index (Phi) is 4.26. The van der Waals surface area contributed by atoms with E-state index >= 15 is 0 Å². The van der Waals surface area contributed by atoms with E-state index in [2.05, 4.69) is 15.9 Å². The second-order valence-corrected chi connectivity index (χ2v) is 6.08. The highest BCUT2D eigenvalue weighted by atomic mass is 79.9. The van der Waals surface area contributed by atoms with Crippen LogP contribution in [0.4, 0.5) is 0 Å². The van der Waals surface area contributed by atoms with Crippen molar-refractivity contribution in [2.24, 2.45) is 0 Å². The van der Waals surface area contributed by atoms with E-state index in [1.165, 1.54) is 11.3 Å². The average Bonchev–Trinajstić information content (AvgIpc) is 2.68. The number of thiophene rings is 1. The second kappa shape index (κ2) is 5.53. The lowest BCUT2D eigenvalue weighted by Gasteiger charge is -2.03. The van der Waals surface area contributed by atoms with Crippen molar-refractivity contribution in [1.82, 2.24) is 0 Å². The molecule has 0 aliphatic rings. The van der Waals surface area contributed by atoms with Gasteiger partial charge in [-0.25, -0.2) is 0 Å². The van der Waals surface area contributed by atoms with E-state index in [4.69, 9.17) is 23.2 Å². The van der Waals surface area contributed by atoms with Gasteiger partial charge in [-0.2, -0.15) is 0 Å². The molecule has 0 amide bonds. The molecule has 1 aromatic heterocycles. The Morgan fingerprint density at radius 3 is 2.59 bits per heavy atom. The molecule has 0 radical (unpaired) electrons. The number of Topliss-reactive ketones (excluding diaryl/α,β-unsaturated/α-hetero) is 1. The Morgan fingerprint density at radius 2 is 2.00 bits per heavy atom. The Bertz CT molecular complexity index is 565. The highest BCUT2D eigenvalue weighted by molar-refractivity contribution is 9.10. The molecular weight excluding hydrogens is 343 g/mol. The number of carbonyl (C=O) groups excluding carboxylic acids is 1. The fraction of sp³-hybridized carbons (Fsp3) is 0.0833. The summed E-state index contributed by atoms with van der Waals surface area (Å²) in [4.78, 5) is 12.6. The van der Waals surface area contributed by atoms with Crippen molar-refractivity contribution < 1.29 is 4.79 Å². The quantitative estimate of drug-likeness (QED) is 0.692. The predicted molar refractivity (Wildman–Crippen MR) is 76.5 cm³/mol. The van der Waals surface area contributed by atoms with Crippen LogP contribution in [0.1, 0.15) is 15.2 Å². The fourth-order valence-electron chi connectivity index (χ4n) is 1.41. The third-order valence-electron chi connectivity index (χ3n) is 2.24. The van der Waals surface area contributed by atoms with Crippen LogP contribution in [-0.4, -0.2) is 5.78 Å². The van der Waals surface area contributed by atoms with Gasteiger partial charge in [0.05, 0.1) is 9.90 Å². The molecule has 0 saturated heterocycles. The predicted octanol–water partition coefficient (Wildman–Crippen LogP) is 5.24. The molecule has 88 valence electrons. The van der Waals surface area contributed by atoms with E-state index in [0.29, 0.717) is 14.9 Å². The highest BCUT2D eigenvalue weighted by Crippen LogP contribution is 2.26. The monoisotopic (exact) mass is 348 g/mol. The molecule has 0 atom stereocenters. The van der Waals surface area contributed by atoms with Gasteiger partial charge in [-0.3, -0.25) is 4.79 Å². The Hall–Kier alpha value is -0.350. The lowest BCUT2D eigenvalue weighted by Crippen LogP contribution is -2.02. The van der Waals surface area contributed by atoms with E-state index < -0.39 is 0 Å². The van der Waals surface area contributed by atoms with Crippen LogP contribution in [-0.2, 0) is 6.42 Å². The van der Waals surface area contributed by atoms with E-state index in [0.717, 1.165) is 10.0 Å². The minimum atomic E-state index is -0.00535. The summed E-state index contributed by atoms with van der Waals surface area (Å²) in [5.41, 5.74) is 0.810. The van der Waals surface area contributed by atoms with Gasteiger partial charge < -0.3 is 0 Å². The van der Waals surface area contributed by atoms with Crippen molar-refractivity contribution in [3.63, 3.8) is 0 Å². The van der Waals surface area contributed by atoms with Gasteiger partial charge in [-0.05, 0) is 29.1 Å². The topological polar surface area (TPSA) is 17.1 Å². The summed E-state index contributed by atoms with van der Waals surface area (Å²) in [6.07, 6.45) is 0.270. The molecule has 0 saturated carbocycles. The van der Waals surface area contributed by atoms with Gasteiger partial charge >= 0.3 is 0 Å². The molecule has 5 heteroatoms. The van der Waals surface area contributed by atoms with Crippen LogP contribution in [0.25, 0.3) is 0 Å². The molecule has 1 aromatic carbocycles. The Balaban J connectivity index is 2.22. The molecule has 0 N–H and O–H groups in total. The molecule has 0 spiro atoms.